The summed E-state index contributed by atoms with van der Waals surface area (Å²) < 4.78 is 0. The average Bonchev–Trinajstić information content (AvgIpc) is 3.96. The second-order valence-corrected chi connectivity index (χ2v) is 16.3. The van der Waals surface area contributed by atoms with E-state index >= 15 is 0 Å². The van der Waals surface area contributed by atoms with Gasteiger partial charge in [0.1, 0.15) is 48.0 Å². The lowest BCUT2D eigenvalue weighted by Gasteiger charge is -2.32. The summed E-state index contributed by atoms with van der Waals surface area (Å²) >= 11 is 0. The van der Waals surface area contributed by atoms with Crippen LogP contribution in [0.5, 0.6) is 5.75 Å². The minimum absolute atomic E-state index is 0.00726. The molecule has 0 unspecified atom stereocenters. The molecule has 17 nitrogen and oxygen atoms in total. The zero-order valence-electron chi connectivity index (χ0n) is 34.7. The van der Waals surface area contributed by atoms with Crippen LogP contribution in [0.25, 0.3) is 0 Å². The quantitative estimate of drug-likeness (QED) is 0.146. The van der Waals surface area contributed by atoms with Crippen molar-refractivity contribution in [3.05, 3.63) is 102 Å². The van der Waals surface area contributed by atoms with Crippen LogP contribution in [0.4, 0.5) is 0 Å². The molecule has 9 atom stereocenters. The van der Waals surface area contributed by atoms with Crippen LogP contribution in [-0.4, -0.2) is 134 Å². The van der Waals surface area contributed by atoms with Gasteiger partial charge in [-0.05, 0) is 68.4 Å². The predicted octanol–water partition coefficient (Wildman–Crippen LogP) is -0.399. The van der Waals surface area contributed by atoms with E-state index in [1.807, 2.05) is 0 Å². The van der Waals surface area contributed by atoms with Gasteiger partial charge in [0.25, 0.3) is 0 Å². The lowest BCUT2D eigenvalue weighted by molar-refractivity contribution is -0.145. The number of hydrogen-bond acceptors (Lipinski definition) is 10. The highest BCUT2D eigenvalue weighted by molar-refractivity contribution is 5.99. The number of benzene rings is 3. The number of rotatable bonds is 8. The van der Waals surface area contributed by atoms with Gasteiger partial charge in [-0.3, -0.25) is 33.6 Å². The molecule has 0 bridgehead atoms. The van der Waals surface area contributed by atoms with Gasteiger partial charge in [-0.25, -0.2) is 0 Å². The molecule has 0 aromatic heterocycles. The number of nitrogens with one attached hydrogen (secondary N) is 5. The van der Waals surface area contributed by atoms with Gasteiger partial charge in [-0.15, -0.1) is 0 Å². The van der Waals surface area contributed by atoms with Gasteiger partial charge in [0.15, 0.2) is 0 Å². The van der Waals surface area contributed by atoms with Crippen LogP contribution in [0, 0.1) is 0 Å². The molecule has 3 aliphatic rings. The van der Waals surface area contributed by atoms with Gasteiger partial charge in [-0.1, -0.05) is 72.8 Å². The standard InChI is InChI=1S/C45H55N7O10/c1-26(53)37-43(60)50-38(27(2)54)45(62)52-22-10-15-35(52)41(58)47-33(24-30-17-19-31(55)20-18-30)39(56)46-32(23-28-11-5-3-6-12-28)40(57)48-34(25-29-13-7-4-8-14-29)44(61)51-21-9-16-36(51)42(59)49-37/h3-8,11-14,17-20,26-27,32-38,53-55H,9-10,15-16,21-25H2,1-2H3,(H,46,56)(H,47,58)(H,48,57)(H,49,59)(H,50,60)/t26-,27-,32+,33+,34+,35+,36+,37+,38+/m1/s1. The largest absolute Gasteiger partial charge is 0.508 e. The second-order valence-electron chi connectivity index (χ2n) is 16.3. The van der Waals surface area contributed by atoms with Crippen molar-refractivity contribution in [2.45, 2.75) is 113 Å². The van der Waals surface area contributed by atoms with E-state index in [4.69, 9.17) is 0 Å². The molecule has 7 amide bonds. The molecule has 3 aromatic rings. The van der Waals surface area contributed by atoms with Crippen LogP contribution in [0.2, 0.25) is 0 Å². The van der Waals surface area contributed by atoms with Gasteiger partial charge in [-0.2, -0.15) is 0 Å². The van der Waals surface area contributed by atoms with E-state index in [0.29, 0.717) is 29.5 Å². The van der Waals surface area contributed by atoms with Crippen molar-refractivity contribution in [2.75, 3.05) is 13.1 Å². The molecule has 0 spiro atoms. The van der Waals surface area contributed by atoms with E-state index in [-0.39, 0.29) is 50.9 Å². The Hall–Kier alpha value is -6.33. The van der Waals surface area contributed by atoms with E-state index < -0.39 is 95.9 Å². The fourth-order valence-electron chi connectivity index (χ4n) is 8.27. The number of aliphatic hydroxyl groups excluding tert-OH is 2. The minimum Gasteiger partial charge on any atom is -0.508 e. The smallest absolute Gasteiger partial charge is 0.248 e. The second kappa shape index (κ2) is 20.5. The number of aliphatic hydroxyl groups is 2. The van der Waals surface area contributed by atoms with E-state index in [1.165, 1.54) is 35.8 Å². The summed E-state index contributed by atoms with van der Waals surface area (Å²) in [4.78, 5) is 102. The van der Waals surface area contributed by atoms with Gasteiger partial charge >= 0.3 is 0 Å². The minimum atomic E-state index is -1.61. The maximum Gasteiger partial charge on any atom is 0.248 e. The molecule has 0 radical (unpaired) electrons. The third-order valence-electron chi connectivity index (χ3n) is 11.6. The van der Waals surface area contributed by atoms with Crippen molar-refractivity contribution in [2.24, 2.45) is 0 Å². The molecule has 62 heavy (non-hydrogen) atoms. The Balaban J connectivity index is 1.42. The fourth-order valence-corrected chi connectivity index (χ4v) is 8.27. The Morgan fingerprint density at radius 1 is 0.500 bits per heavy atom. The molecule has 3 heterocycles. The Bertz CT molecular complexity index is 2080. The SMILES string of the molecule is C[C@@H](O)[C@@H]1NC(=O)[C@@H]2CCCN2C(=O)[C@H](Cc2ccccc2)NC(=O)[C@H](Cc2ccccc2)NC(=O)[C@H](Cc2ccc(O)cc2)NC(=O)[C@@H]2CCCN2C(=O)[C@H]([C@@H](C)O)NC1=O. The van der Waals surface area contributed by atoms with Crippen molar-refractivity contribution in [1.82, 2.24) is 36.4 Å². The van der Waals surface area contributed by atoms with E-state index in [2.05, 4.69) is 26.6 Å². The molecule has 3 fully saturated rings. The zero-order valence-corrected chi connectivity index (χ0v) is 34.7. The highest BCUT2D eigenvalue weighted by Gasteiger charge is 2.44. The summed E-state index contributed by atoms with van der Waals surface area (Å²) in [7, 11) is 0. The number of fused-ring (bicyclic) bond motifs is 2. The predicted molar refractivity (Wildman–Crippen MR) is 225 cm³/mol. The molecule has 3 aromatic carbocycles. The number of carbonyl (C=O) groups is 7. The number of aromatic hydroxyl groups is 1. The van der Waals surface area contributed by atoms with Crippen LogP contribution in [0.3, 0.4) is 0 Å². The number of carbonyl (C=O) groups excluding carboxylic acids is 7. The molecule has 330 valence electrons. The van der Waals surface area contributed by atoms with Crippen LogP contribution in [0.15, 0.2) is 84.9 Å². The molecular formula is C45H55N7O10. The normalized spacial score (nSPS) is 26.8. The first-order valence-electron chi connectivity index (χ1n) is 21.0. The lowest BCUT2D eigenvalue weighted by atomic mass is 10.0. The number of phenolic OH excluding ortho intramolecular Hbond substituents is 1. The highest BCUT2D eigenvalue weighted by atomic mass is 16.3. The van der Waals surface area contributed by atoms with Gasteiger partial charge in [0.2, 0.25) is 41.4 Å². The van der Waals surface area contributed by atoms with Gasteiger partial charge in [0, 0.05) is 32.4 Å². The summed E-state index contributed by atoms with van der Waals surface area (Å²) in [6, 6.07) is 14.6. The topological polar surface area (TPSA) is 247 Å². The monoisotopic (exact) mass is 853 g/mol. The fraction of sp³-hybridized carbons (Fsp3) is 0.444. The summed E-state index contributed by atoms with van der Waals surface area (Å²) in [6.07, 6.45) is -1.85. The molecule has 0 saturated carbocycles. The first-order chi connectivity index (χ1) is 29.7. The summed E-state index contributed by atoms with van der Waals surface area (Å²) in [6.45, 7) is 2.77. The van der Waals surface area contributed by atoms with E-state index in [0.717, 1.165) is 0 Å². The van der Waals surface area contributed by atoms with E-state index in [1.54, 1.807) is 72.8 Å². The van der Waals surface area contributed by atoms with Crippen molar-refractivity contribution < 1.29 is 48.9 Å². The highest BCUT2D eigenvalue weighted by Crippen LogP contribution is 2.23. The zero-order chi connectivity index (χ0) is 44.5. The third kappa shape index (κ3) is 11.1. The Kier molecular flexibility index (Phi) is 14.9. The molecule has 6 rings (SSSR count). The number of nitrogens with zero attached hydrogens (tertiary/aromatic N) is 2. The molecule has 17 heteroatoms. The van der Waals surface area contributed by atoms with Gasteiger partial charge in [0.05, 0.1) is 12.2 Å². The van der Waals surface area contributed by atoms with E-state index in [9.17, 15) is 48.9 Å². The number of hydrogen-bond donors (Lipinski definition) is 8. The number of amides is 7. The van der Waals surface area contributed by atoms with Crippen molar-refractivity contribution >= 4 is 41.4 Å². The third-order valence-corrected chi connectivity index (χ3v) is 11.6. The Morgan fingerprint density at radius 2 is 0.903 bits per heavy atom. The Labute approximate surface area is 359 Å². The number of phenols is 1. The maximum absolute atomic E-state index is 14.6. The van der Waals surface area contributed by atoms with Crippen molar-refractivity contribution in [3.8, 4) is 5.75 Å². The first-order valence-corrected chi connectivity index (χ1v) is 21.0. The molecule has 3 saturated heterocycles. The summed E-state index contributed by atoms with van der Waals surface area (Å²) in [5.41, 5.74) is 1.94. The maximum atomic E-state index is 14.6. The summed E-state index contributed by atoms with van der Waals surface area (Å²) in [5, 5.41) is 45.0. The van der Waals surface area contributed by atoms with Crippen molar-refractivity contribution in [3.63, 3.8) is 0 Å². The Morgan fingerprint density at radius 3 is 1.40 bits per heavy atom. The van der Waals surface area contributed by atoms with Crippen LogP contribution in [0.1, 0.15) is 56.2 Å². The first kappa shape index (κ1) is 45.2. The average molecular weight is 854 g/mol. The van der Waals surface area contributed by atoms with Crippen molar-refractivity contribution in [1.29, 1.82) is 0 Å². The van der Waals surface area contributed by atoms with Crippen LogP contribution >= 0.6 is 0 Å². The molecule has 0 aliphatic carbocycles. The molecule has 3 aliphatic heterocycles. The summed E-state index contributed by atoms with van der Waals surface area (Å²) in [5.74, 6) is -5.31. The molecule has 8 N–H and O–H groups in total. The van der Waals surface area contributed by atoms with Gasteiger partial charge < -0.3 is 51.7 Å². The molecular weight excluding hydrogens is 799 g/mol. The lowest BCUT2D eigenvalue weighted by Crippen LogP contribution is -2.63. The van der Waals surface area contributed by atoms with Crippen LogP contribution in [-0.2, 0) is 52.8 Å². The van der Waals surface area contributed by atoms with Crippen LogP contribution < -0.4 is 26.6 Å².